The van der Waals surface area contributed by atoms with Gasteiger partial charge >= 0.3 is 12.1 Å². The molecule has 1 atom stereocenters. The minimum absolute atomic E-state index is 0.0233. The zero-order chi connectivity index (χ0) is 21.3. The molecule has 0 aliphatic heterocycles. The third-order valence-electron chi connectivity index (χ3n) is 4.63. The van der Waals surface area contributed by atoms with Crippen LogP contribution in [0.5, 0.6) is 0 Å². The highest BCUT2D eigenvalue weighted by Gasteiger charge is 2.30. The van der Waals surface area contributed by atoms with Gasteiger partial charge in [-0.25, -0.2) is 14.5 Å². The first-order chi connectivity index (χ1) is 14.6. The molecule has 0 aromatic heterocycles. The Morgan fingerprint density at radius 2 is 1.37 bits per heavy atom. The van der Waals surface area contributed by atoms with Crippen molar-refractivity contribution in [3.05, 3.63) is 96.1 Å². The predicted octanol–water partition coefficient (Wildman–Crippen LogP) is 4.58. The van der Waals surface area contributed by atoms with Gasteiger partial charge in [-0.15, -0.1) is 0 Å². The second kappa shape index (κ2) is 9.94. The van der Waals surface area contributed by atoms with E-state index in [-0.39, 0.29) is 13.0 Å². The molecule has 1 N–H and O–H groups in total. The molecule has 2 aliphatic rings. The van der Waals surface area contributed by atoms with Gasteiger partial charge < -0.3 is 9.84 Å². The summed E-state index contributed by atoms with van der Waals surface area (Å²) in [6.07, 6.45) is 4.59. The van der Waals surface area contributed by atoms with Gasteiger partial charge in [0.05, 0.1) is 0 Å². The molecule has 2 aromatic carbocycles. The lowest BCUT2D eigenvalue weighted by molar-refractivity contribution is -0.141. The van der Waals surface area contributed by atoms with E-state index in [4.69, 9.17) is 11.2 Å². The summed E-state index contributed by atoms with van der Waals surface area (Å²) in [4.78, 5) is 24.5. The molecule has 4 rings (SSSR count). The number of ether oxygens (including phenoxy) is 1. The highest BCUT2D eigenvalue weighted by Crippen LogP contribution is 2.29. The van der Waals surface area contributed by atoms with Gasteiger partial charge in [0, 0.05) is 12.5 Å². The molecule has 30 heavy (non-hydrogen) atoms. The van der Waals surface area contributed by atoms with Crippen molar-refractivity contribution < 1.29 is 19.4 Å². The third-order valence-corrected chi connectivity index (χ3v) is 4.63. The first-order valence-corrected chi connectivity index (χ1v) is 9.42. The summed E-state index contributed by atoms with van der Waals surface area (Å²) < 4.78 is 5.13. The fourth-order valence-corrected chi connectivity index (χ4v) is 2.85. The van der Waals surface area contributed by atoms with Crippen molar-refractivity contribution in [2.75, 3.05) is 0 Å². The van der Waals surface area contributed by atoms with Crippen LogP contribution in [0.4, 0.5) is 4.79 Å². The summed E-state index contributed by atoms with van der Waals surface area (Å²) in [6.45, 7) is 0.0233. The molecule has 2 aromatic rings. The van der Waals surface area contributed by atoms with E-state index in [1.165, 1.54) is 11.1 Å². The Labute approximate surface area is 175 Å². The van der Waals surface area contributed by atoms with Crippen LogP contribution in [0, 0.1) is 12.5 Å². The Hall–Kier alpha value is -4.04. The maximum absolute atomic E-state index is 12.2. The Balaban J connectivity index is 0.000000357. The number of terminal acetylenes is 1. The maximum atomic E-state index is 12.2. The Kier molecular flexibility index (Phi) is 6.86. The van der Waals surface area contributed by atoms with E-state index in [0.717, 1.165) is 16.0 Å². The van der Waals surface area contributed by atoms with Crippen LogP contribution in [0.25, 0.3) is 11.1 Å². The molecule has 1 unspecified atom stereocenters. The van der Waals surface area contributed by atoms with Crippen LogP contribution in [0.2, 0.25) is 0 Å². The molecule has 0 saturated carbocycles. The van der Waals surface area contributed by atoms with Gasteiger partial charge in [0.25, 0.3) is 0 Å². The van der Waals surface area contributed by atoms with Gasteiger partial charge in [-0.3, -0.25) is 0 Å². The normalized spacial score (nSPS) is 11.2. The Bertz CT molecular complexity index is 1000. The van der Waals surface area contributed by atoms with Gasteiger partial charge in [0.2, 0.25) is 0 Å². The first-order valence-electron chi connectivity index (χ1n) is 9.42. The van der Waals surface area contributed by atoms with Crippen LogP contribution < -0.4 is 0 Å². The summed E-state index contributed by atoms with van der Waals surface area (Å²) in [5, 5.41) is 9.43. The number of aliphatic carboxylic acids is 1. The lowest BCUT2D eigenvalue weighted by atomic mass is 9.95. The van der Waals surface area contributed by atoms with Gasteiger partial charge in [-0.05, 0) is 22.3 Å². The Morgan fingerprint density at radius 3 is 1.77 bits per heavy atom. The first kappa shape index (κ1) is 20.7. The average Bonchev–Trinajstić information content (AvgIpc) is 2.76. The highest BCUT2D eigenvalue weighted by molar-refractivity contribution is 5.81. The largest absolute Gasteiger partial charge is 0.480 e. The quantitative estimate of drug-likeness (QED) is 0.381. The third kappa shape index (κ3) is 5.27. The van der Waals surface area contributed by atoms with E-state index in [0.29, 0.717) is 0 Å². The fourth-order valence-electron chi connectivity index (χ4n) is 2.85. The number of rotatable bonds is 6. The lowest BCUT2D eigenvalue weighted by Gasteiger charge is -2.22. The minimum atomic E-state index is -1.19. The summed E-state index contributed by atoms with van der Waals surface area (Å²) >= 11 is 0. The molecule has 0 bridgehead atoms. The minimum Gasteiger partial charge on any atom is -0.480 e. The molecule has 0 saturated heterocycles. The van der Waals surface area contributed by atoms with Gasteiger partial charge in [0.1, 0.15) is 12.6 Å². The topological polar surface area (TPSA) is 66.8 Å². The van der Waals surface area contributed by atoms with Crippen LogP contribution in [-0.2, 0) is 22.6 Å². The number of benzene rings is 3. The standard InChI is InChI=1S/C19H17NO4.C6H4/c1-2-20(19(23)24-14-16-11-7-4-8-12-16)17(18(21)22)13-15-9-5-3-6-10-15;1-2-6-4-3-5(1)6/h1,3-12,17H,13-14H2,(H,21,22);1-4H. The summed E-state index contributed by atoms with van der Waals surface area (Å²) in [6, 6.07) is 27.5. The zero-order valence-corrected chi connectivity index (χ0v) is 16.3. The van der Waals surface area contributed by atoms with Crippen molar-refractivity contribution in [1.82, 2.24) is 4.90 Å². The van der Waals surface area contributed by atoms with Gasteiger partial charge in [0.15, 0.2) is 0 Å². The van der Waals surface area contributed by atoms with Gasteiger partial charge in [-0.2, -0.15) is 0 Å². The SMILES string of the molecule is C#CN(C(=O)OCc1ccccc1)C(Cc1ccccc1)C(=O)O.c1cc2ccc1-2. The van der Waals surface area contributed by atoms with Crippen molar-refractivity contribution >= 4 is 12.1 Å². The van der Waals surface area contributed by atoms with Crippen molar-refractivity contribution in [3.8, 4) is 23.6 Å². The van der Waals surface area contributed by atoms with Crippen LogP contribution in [0.15, 0.2) is 84.9 Å². The summed E-state index contributed by atoms with van der Waals surface area (Å²) in [5.74, 6) is -1.19. The predicted molar refractivity (Wildman–Crippen MR) is 114 cm³/mol. The van der Waals surface area contributed by atoms with Crippen LogP contribution >= 0.6 is 0 Å². The number of carboxylic acid groups (broad SMARTS) is 1. The number of amides is 1. The van der Waals surface area contributed by atoms with Gasteiger partial charge in [-0.1, -0.05) is 91.4 Å². The lowest BCUT2D eigenvalue weighted by Crippen LogP contribution is -2.43. The number of carbonyl (C=O) groups excluding carboxylic acids is 1. The molecule has 5 nitrogen and oxygen atoms in total. The molecule has 5 heteroatoms. The van der Waals surface area contributed by atoms with E-state index >= 15 is 0 Å². The number of hydrogen-bond donors (Lipinski definition) is 1. The maximum Gasteiger partial charge on any atom is 0.422 e. The van der Waals surface area contributed by atoms with Crippen molar-refractivity contribution in [1.29, 1.82) is 0 Å². The molecule has 0 fully saturated rings. The zero-order valence-electron chi connectivity index (χ0n) is 16.3. The monoisotopic (exact) mass is 399 g/mol. The van der Waals surface area contributed by atoms with Crippen molar-refractivity contribution in [2.45, 2.75) is 19.1 Å². The molecule has 1 amide bonds. The molecular weight excluding hydrogens is 378 g/mol. The number of nitrogens with zero attached hydrogens (tertiary/aromatic N) is 1. The summed E-state index contributed by atoms with van der Waals surface area (Å²) in [5.41, 5.74) is 4.41. The van der Waals surface area contributed by atoms with Crippen molar-refractivity contribution in [2.24, 2.45) is 0 Å². The van der Waals surface area contributed by atoms with E-state index in [2.05, 4.69) is 30.3 Å². The molecule has 0 radical (unpaired) electrons. The smallest absolute Gasteiger partial charge is 0.422 e. The van der Waals surface area contributed by atoms with Crippen LogP contribution in [-0.4, -0.2) is 28.1 Å². The number of hydrogen-bond acceptors (Lipinski definition) is 3. The molecule has 0 heterocycles. The molecule has 2 aliphatic carbocycles. The molecule has 150 valence electrons. The fraction of sp³-hybridized carbons (Fsp3) is 0.120. The molecular formula is C25H21NO4. The van der Waals surface area contributed by atoms with Crippen LogP contribution in [0.3, 0.4) is 0 Å². The number of carboxylic acids is 1. The molecule has 0 spiro atoms. The summed E-state index contributed by atoms with van der Waals surface area (Å²) in [7, 11) is 0. The second-order valence-corrected chi connectivity index (χ2v) is 6.66. The number of fused-ring (bicyclic) bond motifs is 1. The van der Waals surface area contributed by atoms with E-state index in [9.17, 15) is 14.7 Å². The average molecular weight is 399 g/mol. The highest BCUT2D eigenvalue weighted by atomic mass is 16.6. The van der Waals surface area contributed by atoms with E-state index in [1.807, 2.05) is 24.3 Å². The second-order valence-electron chi connectivity index (χ2n) is 6.66. The van der Waals surface area contributed by atoms with E-state index in [1.54, 1.807) is 36.4 Å². The Morgan fingerprint density at radius 1 is 0.867 bits per heavy atom. The number of carbonyl (C=O) groups is 2. The van der Waals surface area contributed by atoms with Crippen LogP contribution in [0.1, 0.15) is 11.1 Å². The van der Waals surface area contributed by atoms with E-state index < -0.39 is 18.1 Å². The van der Waals surface area contributed by atoms with Crippen molar-refractivity contribution in [3.63, 3.8) is 0 Å².